The Morgan fingerprint density at radius 1 is 0.473 bits per heavy atom. The van der Waals surface area contributed by atoms with Gasteiger partial charge in [-0.15, -0.1) is 11.3 Å². The number of allylic oxidation sites excluding steroid dienone is 1. The van der Waals surface area contributed by atoms with Crippen molar-refractivity contribution in [1.82, 2.24) is 0 Å². The highest BCUT2D eigenvalue weighted by Gasteiger charge is 2.21. The van der Waals surface area contributed by atoms with Crippen LogP contribution in [0.15, 0.2) is 207 Å². The average Bonchev–Trinajstić information content (AvgIpc) is 3.64. The molecule has 9 aromatic rings. The summed E-state index contributed by atoms with van der Waals surface area (Å²) in [5, 5.41) is 3.64. The molecule has 8 aromatic carbocycles. The Labute approximate surface area is 327 Å². The Bertz CT molecular complexity index is 2810. The first kappa shape index (κ1) is 34.1. The summed E-state index contributed by atoms with van der Waals surface area (Å²) in [6, 6.07) is 70.0. The summed E-state index contributed by atoms with van der Waals surface area (Å²) in [7, 11) is 0. The molecule has 0 unspecified atom stereocenters. The van der Waals surface area contributed by atoms with Crippen molar-refractivity contribution >= 4 is 60.9 Å². The van der Waals surface area contributed by atoms with E-state index in [9.17, 15) is 0 Å². The Hall–Kier alpha value is -6.74. The maximum absolute atomic E-state index is 4.23. The molecular formula is C53H39NS. The van der Waals surface area contributed by atoms with Crippen LogP contribution < -0.4 is 4.90 Å². The second-order valence-corrected chi connectivity index (χ2v) is 14.7. The molecule has 0 saturated heterocycles. The molecule has 0 aliphatic carbocycles. The molecule has 0 spiro atoms. The van der Waals surface area contributed by atoms with Gasteiger partial charge >= 0.3 is 0 Å². The first-order valence-corrected chi connectivity index (χ1v) is 19.6. The number of hydrogen-bond acceptors (Lipinski definition) is 2. The van der Waals surface area contributed by atoms with Gasteiger partial charge in [0.2, 0.25) is 0 Å². The predicted octanol–water partition coefficient (Wildman–Crippen LogP) is 15.6. The standard InChI is InChI=1S/C53H39NS/c1-3-45(53-46(4-2)50-24-13-14-25-52(50)55-53)48-34-35-51(49-23-12-11-22-47(48)49)54(43-30-26-39(27-31-43)37-16-7-5-8-17-37)44-32-28-40(29-33-44)42-21-15-20-41(36-42)38-18-9-6-10-19-38/h3-36H,2H2,1H3/b45-3-. The third-order valence-electron chi connectivity index (χ3n) is 10.5. The topological polar surface area (TPSA) is 3.24 Å². The van der Waals surface area contributed by atoms with Crippen LogP contribution in [0.2, 0.25) is 0 Å². The second kappa shape index (κ2) is 14.9. The number of benzene rings is 8. The molecule has 55 heavy (non-hydrogen) atoms. The van der Waals surface area contributed by atoms with Crippen molar-refractivity contribution in [2.45, 2.75) is 6.92 Å². The molecular weight excluding hydrogens is 683 g/mol. The molecule has 0 aliphatic rings. The van der Waals surface area contributed by atoms with Gasteiger partial charge in [0.1, 0.15) is 0 Å². The molecule has 262 valence electrons. The SMILES string of the molecule is C=Cc1c(/C(=C\C)c2ccc(N(c3ccc(-c4ccccc4)cc3)c3ccc(-c4cccc(-c5ccccc5)c4)cc3)c3ccccc23)sc2ccccc12. The fourth-order valence-corrected chi connectivity index (χ4v) is 9.06. The second-order valence-electron chi connectivity index (χ2n) is 13.7. The van der Waals surface area contributed by atoms with Crippen LogP contribution in [0.4, 0.5) is 17.1 Å². The first-order chi connectivity index (χ1) is 27.2. The van der Waals surface area contributed by atoms with Gasteiger partial charge in [0.25, 0.3) is 0 Å². The van der Waals surface area contributed by atoms with E-state index in [2.05, 4.69) is 219 Å². The number of anilines is 3. The maximum Gasteiger partial charge on any atom is 0.0540 e. The molecule has 0 bridgehead atoms. The van der Waals surface area contributed by atoms with Crippen LogP contribution in [0.3, 0.4) is 0 Å². The lowest BCUT2D eigenvalue weighted by Crippen LogP contribution is -2.11. The summed E-state index contributed by atoms with van der Waals surface area (Å²) in [4.78, 5) is 3.64. The van der Waals surface area contributed by atoms with Crippen molar-refractivity contribution in [2.75, 3.05) is 4.90 Å². The molecule has 1 nitrogen and oxygen atoms in total. The minimum atomic E-state index is 1.10. The molecule has 0 saturated carbocycles. The Morgan fingerprint density at radius 3 is 1.56 bits per heavy atom. The smallest absolute Gasteiger partial charge is 0.0540 e. The van der Waals surface area contributed by atoms with E-state index in [1.807, 2.05) is 17.4 Å². The Morgan fingerprint density at radius 2 is 0.964 bits per heavy atom. The van der Waals surface area contributed by atoms with Crippen LogP contribution in [0.5, 0.6) is 0 Å². The fourth-order valence-electron chi connectivity index (χ4n) is 7.76. The van der Waals surface area contributed by atoms with Crippen LogP contribution in [-0.4, -0.2) is 0 Å². The van der Waals surface area contributed by atoms with Crippen molar-refractivity contribution < 1.29 is 0 Å². The maximum atomic E-state index is 4.23. The van der Waals surface area contributed by atoms with Gasteiger partial charge in [-0.1, -0.05) is 170 Å². The van der Waals surface area contributed by atoms with Crippen molar-refractivity contribution in [3.63, 3.8) is 0 Å². The van der Waals surface area contributed by atoms with E-state index in [0.717, 1.165) is 17.1 Å². The Balaban J connectivity index is 1.17. The zero-order valence-electron chi connectivity index (χ0n) is 30.7. The quantitative estimate of drug-likeness (QED) is 0.143. The first-order valence-electron chi connectivity index (χ1n) is 18.7. The van der Waals surface area contributed by atoms with E-state index in [4.69, 9.17) is 0 Å². The van der Waals surface area contributed by atoms with Gasteiger partial charge in [-0.25, -0.2) is 0 Å². The highest BCUT2D eigenvalue weighted by Crippen LogP contribution is 2.45. The lowest BCUT2D eigenvalue weighted by atomic mass is 9.93. The van der Waals surface area contributed by atoms with E-state index in [1.165, 1.54) is 75.8 Å². The predicted molar refractivity (Wildman–Crippen MR) is 240 cm³/mol. The molecule has 1 aromatic heterocycles. The summed E-state index contributed by atoms with van der Waals surface area (Å²) in [5.41, 5.74) is 14.1. The van der Waals surface area contributed by atoms with E-state index in [1.54, 1.807) is 0 Å². The zero-order valence-corrected chi connectivity index (χ0v) is 31.5. The third kappa shape index (κ3) is 6.48. The molecule has 0 radical (unpaired) electrons. The van der Waals surface area contributed by atoms with Gasteiger partial charge in [-0.2, -0.15) is 0 Å². The molecule has 2 heteroatoms. The fraction of sp³-hybridized carbons (Fsp3) is 0.0189. The number of rotatable bonds is 9. The highest BCUT2D eigenvalue weighted by molar-refractivity contribution is 7.20. The number of hydrogen-bond donors (Lipinski definition) is 0. The van der Waals surface area contributed by atoms with Crippen LogP contribution in [0.1, 0.15) is 22.9 Å². The summed E-state index contributed by atoms with van der Waals surface area (Å²) >= 11 is 1.84. The number of nitrogens with zero attached hydrogens (tertiary/aromatic N) is 1. The molecule has 0 atom stereocenters. The number of fused-ring (bicyclic) bond motifs is 2. The summed E-state index contributed by atoms with van der Waals surface area (Å²) in [6.45, 7) is 6.38. The summed E-state index contributed by atoms with van der Waals surface area (Å²) in [5.74, 6) is 0. The lowest BCUT2D eigenvalue weighted by molar-refractivity contribution is 1.30. The van der Waals surface area contributed by atoms with E-state index in [-0.39, 0.29) is 0 Å². The summed E-state index contributed by atoms with van der Waals surface area (Å²) in [6.07, 6.45) is 4.27. The van der Waals surface area contributed by atoms with Crippen molar-refractivity contribution in [3.05, 3.63) is 223 Å². The van der Waals surface area contributed by atoms with Gasteiger partial charge < -0.3 is 4.90 Å². The minimum Gasteiger partial charge on any atom is -0.310 e. The molecule has 1 heterocycles. The van der Waals surface area contributed by atoms with Crippen LogP contribution in [0.25, 0.3) is 65.9 Å². The molecule has 0 amide bonds. The lowest BCUT2D eigenvalue weighted by Gasteiger charge is -2.28. The van der Waals surface area contributed by atoms with Crippen molar-refractivity contribution in [1.29, 1.82) is 0 Å². The zero-order chi connectivity index (χ0) is 37.1. The minimum absolute atomic E-state index is 1.10. The molecule has 0 N–H and O–H groups in total. The van der Waals surface area contributed by atoms with E-state index >= 15 is 0 Å². The van der Waals surface area contributed by atoms with Gasteiger partial charge in [0.15, 0.2) is 0 Å². The van der Waals surface area contributed by atoms with Crippen LogP contribution in [-0.2, 0) is 0 Å². The van der Waals surface area contributed by atoms with Gasteiger partial charge in [0, 0.05) is 37.3 Å². The van der Waals surface area contributed by atoms with Gasteiger partial charge in [0.05, 0.1) is 5.69 Å². The van der Waals surface area contributed by atoms with E-state index < -0.39 is 0 Å². The average molecular weight is 722 g/mol. The largest absolute Gasteiger partial charge is 0.310 e. The Kier molecular flexibility index (Phi) is 9.25. The molecule has 9 rings (SSSR count). The van der Waals surface area contributed by atoms with Gasteiger partial charge in [-0.05, 0) is 99.3 Å². The van der Waals surface area contributed by atoms with Crippen LogP contribution in [0, 0.1) is 0 Å². The van der Waals surface area contributed by atoms with E-state index in [0.29, 0.717) is 0 Å². The van der Waals surface area contributed by atoms with Gasteiger partial charge in [-0.3, -0.25) is 0 Å². The van der Waals surface area contributed by atoms with Crippen LogP contribution >= 0.6 is 11.3 Å². The monoisotopic (exact) mass is 721 g/mol. The number of thiophene rings is 1. The van der Waals surface area contributed by atoms with Crippen molar-refractivity contribution in [3.8, 4) is 33.4 Å². The summed E-state index contributed by atoms with van der Waals surface area (Å²) < 4.78 is 1.27. The van der Waals surface area contributed by atoms with Crippen molar-refractivity contribution in [2.24, 2.45) is 0 Å². The molecule has 0 fully saturated rings. The third-order valence-corrected chi connectivity index (χ3v) is 11.7. The highest BCUT2D eigenvalue weighted by atomic mass is 32.1. The normalized spacial score (nSPS) is 11.5. The molecule has 0 aliphatic heterocycles.